The SMILES string of the molecule is CC[C@H](N)c1ccc(N2CCCC2C(C)C)cn1. The van der Waals surface area contributed by atoms with Gasteiger partial charge in [-0.3, -0.25) is 4.98 Å². The highest BCUT2D eigenvalue weighted by Gasteiger charge is 2.27. The molecule has 0 amide bonds. The Morgan fingerprint density at radius 2 is 2.22 bits per heavy atom. The van der Waals surface area contributed by atoms with Gasteiger partial charge in [-0.1, -0.05) is 20.8 Å². The summed E-state index contributed by atoms with van der Waals surface area (Å²) in [5.41, 5.74) is 8.25. The lowest BCUT2D eigenvalue weighted by Gasteiger charge is -2.29. The lowest BCUT2D eigenvalue weighted by Crippen LogP contribution is -2.33. The van der Waals surface area contributed by atoms with Crippen LogP contribution in [-0.2, 0) is 0 Å². The standard InChI is InChI=1S/C15H25N3/c1-4-13(16)14-8-7-12(10-17-14)18-9-5-6-15(18)11(2)3/h7-8,10-11,13,15H,4-6,9,16H2,1-3H3/t13-,15?/m0/s1. The Labute approximate surface area is 110 Å². The Morgan fingerprint density at radius 3 is 2.78 bits per heavy atom. The smallest absolute Gasteiger partial charge is 0.0572 e. The molecular weight excluding hydrogens is 222 g/mol. The summed E-state index contributed by atoms with van der Waals surface area (Å²) in [5.74, 6) is 0.699. The molecule has 1 aliphatic rings. The van der Waals surface area contributed by atoms with Crippen LogP contribution in [0.4, 0.5) is 5.69 Å². The molecule has 18 heavy (non-hydrogen) atoms. The van der Waals surface area contributed by atoms with Crippen LogP contribution in [0.25, 0.3) is 0 Å². The first-order valence-corrected chi connectivity index (χ1v) is 7.11. The Morgan fingerprint density at radius 1 is 1.44 bits per heavy atom. The summed E-state index contributed by atoms with van der Waals surface area (Å²) in [6, 6.07) is 4.99. The van der Waals surface area contributed by atoms with Crippen LogP contribution in [-0.4, -0.2) is 17.6 Å². The predicted octanol–water partition coefficient (Wildman–Crippen LogP) is 3.12. The van der Waals surface area contributed by atoms with Crippen LogP contribution >= 0.6 is 0 Å². The molecule has 0 saturated carbocycles. The third-order valence-corrected chi connectivity index (χ3v) is 3.99. The van der Waals surface area contributed by atoms with E-state index in [2.05, 4.69) is 42.8 Å². The van der Waals surface area contributed by atoms with Crippen molar-refractivity contribution in [3.8, 4) is 0 Å². The molecule has 0 bridgehead atoms. The topological polar surface area (TPSA) is 42.1 Å². The zero-order valence-corrected chi connectivity index (χ0v) is 11.8. The molecule has 0 spiro atoms. The molecule has 2 atom stereocenters. The van der Waals surface area contributed by atoms with Gasteiger partial charge in [0.25, 0.3) is 0 Å². The van der Waals surface area contributed by atoms with E-state index in [0.29, 0.717) is 12.0 Å². The average Bonchev–Trinajstić information content (AvgIpc) is 2.87. The molecule has 1 saturated heterocycles. The second-order valence-corrected chi connectivity index (χ2v) is 5.60. The van der Waals surface area contributed by atoms with Crippen LogP contribution in [0.1, 0.15) is 51.8 Å². The number of pyridine rings is 1. The van der Waals surface area contributed by atoms with Crippen molar-refractivity contribution in [2.45, 2.75) is 52.1 Å². The highest BCUT2D eigenvalue weighted by molar-refractivity contribution is 5.47. The van der Waals surface area contributed by atoms with Gasteiger partial charge in [-0.25, -0.2) is 0 Å². The maximum absolute atomic E-state index is 6.00. The van der Waals surface area contributed by atoms with Gasteiger partial charge in [0.1, 0.15) is 0 Å². The number of aromatic nitrogens is 1. The van der Waals surface area contributed by atoms with Gasteiger partial charge in [-0.2, -0.15) is 0 Å². The van der Waals surface area contributed by atoms with Crippen LogP contribution in [0.15, 0.2) is 18.3 Å². The summed E-state index contributed by atoms with van der Waals surface area (Å²) in [4.78, 5) is 7.02. The van der Waals surface area contributed by atoms with E-state index >= 15 is 0 Å². The van der Waals surface area contributed by atoms with E-state index in [-0.39, 0.29) is 6.04 Å². The minimum absolute atomic E-state index is 0.0681. The van der Waals surface area contributed by atoms with E-state index in [1.165, 1.54) is 18.5 Å². The molecule has 1 aromatic heterocycles. The number of anilines is 1. The molecule has 1 unspecified atom stereocenters. The Bertz CT molecular complexity index is 372. The summed E-state index contributed by atoms with van der Waals surface area (Å²) in [6.45, 7) is 7.86. The monoisotopic (exact) mass is 247 g/mol. The maximum Gasteiger partial charge on any atom is 0.0572 e. The zero-order valence-electron chi connectivity index (χ0n) is 11.8. The fourth-order valence-electron chi connectivity index (χ4n) is 2.80. The van der Waals surface area contributed by atoms with Gasteiger partial charge < -0.3 is 10.6 Å². The molecule has 2 N–H and O–H groups in total. The fourth-order valence-corrected chi connectivity index (χ4v) is 2.80. The van der Waals surface area contributed by atoms with Crippen molar-refractivity contribution >= 4 is 5.69 Å². The van der Waals surface area contributed by atoms with Crippen LogP contribution in [0.2, 0.25) is 0 Å². The third-order valence-electron chi connectivity index (χ3n) is 3.99. The number of nitrogens with two attached hydrogens (primary N) is 1. The first-order chi connectivity index (χ1) is 8.63. The van der Waals surface area contributed by atoms with Crippen LogP contribution in [0, 0.1) is 5.92 Å². The van der Waals surface area contributed by atoms with Crippen molar-refractivity contribution in [1.82, 2.24) is 4.98 Å². The molecule has 0 radical (unpaired) electrons. The van der Waals surface area contributed by atoms with E-state index in [9.17, 15) is 0 Å². The molecule has 1 aromatic rings. The second kappa shape index (κ2) is 5.70. The van der Waals surface area contributed by atoms with Gasteiger partial charge in [0, 0.05) is 18.6 Å². The van der Waals surface area contributed by atoms with Gasteiger partial charge in [0.2, 0.25) is 0 Å². The Kier molecular flexibility index (Phi) is 4.23. The highest BCUT2D eigenvalue weighted by atomic mass is 15.2. The van der Waals surface area contributed by atoms with E-state index in [1.807, 2.05) is 6.20 Å². The van der Waals surface area contributed by atoms with Gasteiger partial charge in [-0.15, -0.1) is 0 Å². The fraction of sp³-hybridized carbons (Fsp3) is 0.667. The Balaban J connectivity index is 2.14. The van der Waals surface area contributed by atoms with Crippen molar-refractivity contribution in [2.75, 3.05) is 11.4 Å². The maximum atomic E-state index is 6.00. The summed E-state index contributed by atoms with van der Waals surface area (Å²) in [7, 11) is 0. The van der Waals surface area contributed by atoms with E-state index in [0.717, 1.165) is 18.7 Å². The lowest BCUT2D eigenvalue weighted by molar-refractivity contribution is 0.491. The molecule has 1 aliphatic heterocycles. The van der Waals surface area contributed by atoms with Gasteiger partial charge in [0.05, 0.1) is 17.6 Å². The van der Waals surface area contributed by atoms with Crippen LogP contribution in [0.3, 0.4) is 0 Å². The van der Waals surface area contributed by atoms with Gasteiger partial charge in [0.15, 0.2) is 0 Å². The van der Waals surface area contributed by atoms with Crippen LogP contribution in [0.5, 0.6) is 0 Å². The first-order valence-electron chi connectivity index (χ1n) is 7.11. The summed E-state index contributed by atoms with van der Waals surface area (Å²) < 4.78 is 0. The number of hydrogen-bond acceptors (Lipinski definition) is 3. The third kappa shape index (κ3) is 2.66. The summed E-state index contributed by atoms with van der Waals surface area (Å²) >= 11 is 0. The van der Waals surface area contributed by atoms with Crippen LogP contribution < -0.4 is 10.6 Å². The zero-order chi connectivity index (χ0) is 13.1. The van der Waals surface area contributed by atoms with E-state index in [4.69, 9.17) is 5.73 Å². The average molecular weight is 247 g/mol. The summed E-state index contributed by atoms with van der Waals surface area (Å²) in [6.07, 6.45) is 5.52. The van der Waals surface area contributed by atoms with Gasteiger partial charge in [-0.05, 0) is 37.3 Å². The van der Waals surface area contributed by atoms with Crippen molar-refractivity contribution in [3.05, 3.63) is 24.0 Å². The summed E-state index contributed by atoms with van der Waals surface area (Å²) in [5, 5.41) is 0. The molecule has 3 nitrogen and oxygen atoms in total. The predicted molar refractivity (Wildman–Crippen MR) is 76.7 cm³/mol. The number of nitrogens with zero attached hydrogens (tertiary/aromatic N) is 2. The molecule has 2 rings (SSSR count). The van der Waals surface area contributed by atoms with Gasteiger partial charge >= 0.3 is 0 Å². The molecule has 3 heteroatoms. The molecular formula is C15H25N3. The quantitative estimate of drug-likeness (QED) is 0.889. The molecule has 100 valence electrons. The van der Waals surface area contributed by atoms with Crippen molar-refractivity contribution in [3.63, 3.8) is 0 Å². The second-order valence-electron chi connectivity index (χ2n) is 5.60. The molecule has 0 aromatic carbocycles. The molecule has 2 heterocycles. The van der Waals surface area contributed by atoms with Crippen molar-refractivity contribution in [1.29, 1.82) is 0 Å². The van der Waals surface area contributed by atoms with E-state index in [1.54, 1.807) is 0 Å². The highest BCUT2D eigenvalue weighted by Crippen LogP contribution is 2.29. The number of hydrogen-bond donors (Lipinski definition) is 1. The van der Waals surface area contributed by atoms with Crippen molar-refractivity contribution in [2.24, 2.45) is 11.7 Å². The minimum atomic E-state index is 0.0681. The molecule has 1 fully saturated rings. The van der Waals surface area contributed by atoms with Crippen molar-refractivity contribution < 1.29 is 0 Å². The Hall–Kier alpha value is -1.09. The lowest BCUT2D eigenvalue weighted by atomic mass is 10.0. The largest absolute Gasteiger partial charge is 0.367 e. The first kappa shape index (κ1) is 13.3. The van der Waals surface area contributed by atoms with E-state index < -0.39 is 0 Å². The minimum Gasteiger partial charge on any atom is -0.367 e. The molecule has 0 aliphatic carbocycles. The normalized spacial score (nSPS) is 21.6. The number of rotatable bonds is 4.